The molecule has 0 aromatic heterocycles. The van der Waals surface area contributed by atoms with Gasteiger partial charge in [-0.15, -0.1) is 0 Å². The van der Waals surface area contributed by atoms with Gasteiger partial charge in [0.2, 0.25) is 0 Å². The van der Waals surface area contributed by atoms with Crippen LogP contribution < -0.4 is 0 Å². The maximum Gasteiger partial charge on any atom is 0.410 e. The van der Waals surface area contributed by atoms with Crippen LogP contribution in [-0.2, 0) is 27.3 Å². The van der Waals surface area contributed by atoms with Crippen LogP contribution in [0.1, 0.15) is 24.0 Å². The number of piperidine rings is 1. The van der Waals surface area contributed by atoms with Gasteiger partial charge in [0.05, 0.1) is 13.0 Å². The topological polar surface area (TPSA) is 55.8 Å². The van der Waals surface area contributed by atoms with Crippen molar-refractivity contribution in [1.82, 2.24) is 4.90 Å². The number of nitrogens with zero attached hydrogens (tertiary/aromatic N) is 1. The molecule has 1 aliphatic heterocycles. The highest BCUT2D eigenvalue weighted by atomic mass is 16.6. The predicted molar refractivity (Wildman–Crippen MR) is 97.5 cm³/mol. The SMILES string of the molecule is O=C(Cc1ccccc1)OC1CCCN(C(=O)OCc2ccccc2)C1. The lowest BCUT2D eigenvalue weighted by molar-refractivity contribution is -0.150. The zero-order valence-corrected chi connectivity index (χ0v) is 14.7. The van der Waals surface area contributed by atoms with Gasteiger partial charge in [0.1, 0.15) is 12.7 Å². The van der Waals surface area contributed by atoms with E-state index in [1.807, 2.05) is 60.7 Å². The molecule has 136 valence electrons. The van der Waals surface area contributed by atoms with Crippen molar-refractivity contribution in [3.63, 3.8) is 0 Å². The average Bonchev–Trinajstić information content (AvgIpc) is 2.68. The summed E-state index contributed by atoms with van der Waals surface area (Å²) >= 11 is 0. The Morgan fingerprint density at radius 1 is 0.962 bits per heavy atom. The summed E-state index contributed by atoms with van der Waals surface area (Å²) in [6.45, 7) is 1.25. The lowest BCUT2D eigenvalue weighted by Gasteiger charge is -2.31. The molecule has 0 aliphatic carbocycles. The van der Waals surface area contributed by atoms with E-state index in [9.17, 15) is 9.59 Å². The van der Waals surface area contributed by atoms with Gasteiger partial charge in [0, 0.05) is 6.54 Å². The molecule has 1 atom stereocenters. The number of carbonyl (C=O) groups excluding carboxylic acids is 2. The molecule has 1 fully saturated rings. The Morgan fingerprint density at radius 3 is 2.31 bits per heavy atom. The first kappa shape index (κ1) is 18.0. The average molecular weight is 353 g/mol. The lowest BCUT2D eigenvalue weighted by atomic mass is 10.1. The number of hydrogen-bond donors (Lipinski definition) is 0. The second-order valence-corrected chi connectivity index (χ2v) is 6.40. The first-order chi connectivity index (χ1) is 12.7. The molecule has 3 rings (SSSR count). The quantitative estimate of drug-likeness (QED) is 0.771. The van der Waals surface area contributed by atoms with Crippen molar-refractivity contribution < 1.29 is 19.1 Å². The van der Waals surface area contributed by atoms with Gasteiger partial charge in [-0.3, -0.25) is 4.79 Å². The van der Waals surface area contributed by atoms with Gasteiger partial charge in [-0.05, 0) is 24.0 Å². The van der Waals surface area contributed by atoms with E-state index in [4.69, 9.17) is 9.47 Å². The second-order valence-electron chi connectivity index (χ2n) is 6.40. The summed E-state index contributed by atoms with van der Waals surface area (Å²) in [5.41, 5.74) is 1.87. The Bertz CT molecular complexity index is 717. The van der Waals surface area contributed by atoms with E-state index in [1.165, 1.54) is 0 Å². The van der Waals surface area contributed by atoms with Gasteiger partial charge in [-0.25, -0.2) is 4.79 Å². The molecule has 2 aromatic carbocycles. The van der Waals surface area contributed by atoms with Crippen molar-refractivity contribution in [2.24, 2.45) is 0 Å². The van der Waals surface area contributed by atoms with E-state index < -0.39 is 0 Å². The van der Waals surface area contributed by atoms with Gasteiger partial charge in [-0.1, -0.05) is 60.7 Å². The number of benzene rings is 2. The summed E-state index contributed by atoms with van der Waals surface area (Å²) in [6.07, 6.45) is 1.17. The molecule has 1 aliphatic rings. The van der Waals surface area contributed by atoms with Crippen LogP contribution in [0.3, 0.4) is 0 Å². The third-order valence-electron chi connectivity index (χ3n) is 4.33. The zero-order chi connectivity index (χ0) is 18.2. The second kappa shape index (κ2) is 9.04. The number of likely N-dealkylation sites (tertiary alicyclic amines) is 1. The fourth-order valence-corrected chi connectivity index (χ4v) is 3.00. The molecule has 1 saturated heterocycles. The molecule has 1 heterocycles. The van der Waals surface area contributed by atoms with E-state index in [2.05, 4.69) is 0 Å². The van der Waals surface area contributed by atoms with Crippen LogP contribution in [-0.4, -0.2) is 36.2 Å². The van der Waals surface area contributed by atoms with Gasteiger partial charge in [-0.2, -0.15) is 0 Å². The number of ether oxygens (including phenoxy) is 2. The van der Waals surface area contributed by atoms with Crippen molar-refractivity contribution in [2.45, 2.75) is 32.0 Å². The highest BCUT2D eigenvalue weighted by Gasteiger charge is 2.27. The van der Waals surface area contributed by atoms with Crippen molar-refractivity contribution in [3.05, 3.63) is 71.8 Å². The number of amides is 1. The molecule has 1 amide bonds. The van der Waals surface area contributed by atoms with Crippen molar-refractivity contribution in [1.29, 1.82) is 0 Å². The number of rotatable bonds is 5. The Hall–Kier alpha value is -2.82. The van der Waals surface area contributed by atoms with Gasteiger partial charge in [0.25, 0.3) is 0 Å². The third kappa shape index (κ3) is 5.34. The molecule has 26 heavy (non-hydrogen) atoms. The van der Waals surface area contributed by atoms with Gasteiger partial charge >= 0.3 is 12.1 Å². The predicted octanol–water partition coefficient (Wildman–Crippen LogP) is 3.57. The van der Waals surface area contributed by atoms with Crippen molar-refractivity contribution in [2.75, 3.05) is 13.1 Å². The summed E-state index contributed by atoms with van der Waals surface area (Å²) in [5, 5.41) is 0. The first-order valence-electron chi connectivity index (χ1n) is 8.90. The van der Waals surface area contributed by atoms with E-state index in [1.54, 1.807) is 4.90 Å². The molecule has 5 nitrogen and oxygen atoms in total. The smallest absolute Gasteiger partial charge is 0.410 e. The van der Waals surface area contributed by atoms with Crippen LogP contribution in [0.15, 0.2) is 60.7 Å². The summed E-state index contributed by atoms with van der Waals surface area (Å²) in [5.74, 6) is -0.263. The fourth-order valence-electron chi connectivity index (χ4n) is 3.00. The maximum atomic E-state index is 12.3. The summed E-state index contributed by atoms with van der Waals surface area (Å²) in [6, 6.07) is 19.1. The Labute approximate surface area is 153 Å². The number of carbonyl (C=O) groups is 2. The molecule has 0 N–H and O–H groups in total. The standard InChI is InChI=1S/C21H23NO4/c23-20(14-17-8-3-1-4-9-17)26-19-12-7-13-22(15-19)21(24)25-16-18-10-5-2-6-11-18/h1-6,8-11,19H,7,12-16H2. The van der Waals surface area contributed by atoms with E-state index in [0.717, 1.165) is 24.0 Å². The normalized spacial score (nSPS) is 16.8. The van der Waals surface area contributed by atoms with E-state index >= 15 is 0 Å². The van der Waals surface area contributed by atoms with Crippen LogP contribution in [0.25, 0.3) is 0 Å². The van der Waals surface area contributed by atoms with Crippen LogP contribution >= 0.6 is 0 Å². The Kier molecular flexibility index (Phi) is 6.25. The molecule has 5 heteroatoms. The highest BCUT2D eigenvalue weighted by Crippen LogP contribution is 2.16. The minimum atomic E-state index is -0.363. The fraction of sp³-hybridized carbons (Fsp3) is 0.333. The molecule has 0 spiro atoms. The van der Waals surface area contributed by atoms with Crippen molar-refractivity contribution >= 4 is 12.1 Å². The number of esters is 1. The minimum Gasteiger partial charge on any atom is -0.460 e. The van der Waals surface area contributed by atoms with E-state index in [0.29, 0.717) is 13.1 Å². The maximum absolute atomic E-state index is 12.3. The largest absolute Gasteiger partial charge is 0.460 e. The third-order valence-corrected chi connectivity index (χ3v) is 4.33. The molecule has 0 saturated carbocycles. The summed E-state index contributed by atoms with van der Waals surface area (Å²) < 4.78 is 10.9. The molecular formula is C21H23NO4. The van der Waals surface area contributed by atoms with E-state index in [-0.39, 0.29) is 31.2 Å². The lowest BCUT2D eigenvalue weighted by Crippen LogP contribution is -2.44. The van der Waals surface area contributed by atoms with Crippen LogP contribution in [0.5, 0.6) is 0 Å². The molecule has 2 aromatic rings. The summed E-state index contributed by atoms with van der Waals surface area (Å²) in [7, 11) is 0. The minimum absolute atomic E-state index is 0.245. The van der Waals surface area contributed by atoms with Gasteiger partial charge < -0.3 is 14.4 Å². The number of hydrogen-bond acceptors (Lipinski definition) is 4. The molecule has 1 unspecified atom stereocenters. The van der Waals surface area contributed by atoms with Crippen LogP contribution in [0.4, 0.5) is 4.79 Å². The Balaban J connectivity index is 1.46. The van der Waals surface area contributed by atoms with Crippen LogP contribution in [0, 0.1) is 0 Å². The monoisotopic (exact) mass is 353 g/mol. The Morgan fingerprint density at radius 2 is 1.62 bits per heavy atom. The molecule has 0 bridgehead atoms. The summed E-state index contributed by atoms with van der Waals surface area (Å²) in [4.78, 5) is 26.0. The highest BCUT2D eigenvalue weighted by molar-refractivity contribution is 5.73. The molecule has 0 radical (unpaired) electrons. The van der Waals surface area contributed by atoms with Crippen molar-refractivity contribution in [3.8, 4) is 0 Å². The molecular weight excluding hydrogens is 330 g/mol. The van der Waals surface area contributed by atoms with Crippen LogP contribution in [0.2, 0.25) is 0 Å². The zero-order valence-electron chi connectivity index (χ0n) is 14.7. The van der Waals surface area contributed by atoms with Gasteiger partial charge in [0.15, 0.2) is 0 Å². The first-order valence-corrected chi connectivity index (χ1v) is 8.90.